The van der Waals surface area contributed by atoms with Gasteiger partial charge >= 0.3 is 5.97 Å². The summed E-state index contributed by atoms with van der Waals surface area (Å²) in [6.45, 7) is 3.54. The van der Waals surface area contributed by atoms with E-state index in [0.717, 1.165) is 0 Å². The van der Waals surface area contributed by atoms with E-state index in [1.54, 1.807) is 38.1 Å². The topological polar surface area (TPSA) is 72.5 Å². The van der Waals surface area contributed by atoms with Crippen molar-refractivity contribution < 1.29 is 14.6 Å². The van der Waals surface area contributed by atoms with Crippen LogP contribution in [0.1, 0.15) is 30.6 Å². The maximum atomic E-state index is 11.5. The second-order valence-electron chi connectivity index (χ2n) is 4.32. The molecule has 0 amide bonds. The Kier molecular flexibility index (Phi) is 3.90. The van der Waals surface area contributed by atoms with Crippen LogP contribution in [0, 0.1) is 0 Å². The summed E-state index contributed by atoms with van der Waals surface area (Å²) in [5.41, 5.74) is 5.75. The van der Waals surface area contributed by atoms with Gasteiger partial charge in [-0.15, -0.1) is 0 Å². The van der Waals surface area contributed by atoms with Gasteiger partial charge < -0.3 is 15.6 Å². The van der Waals surface area contributed by atoms with Crippen LogP contribution in [0.5, 0.6) is 0 Å². The summed E-state index contributed by atoms with van der Waals surface area (Å²) in [5.74, 6) is -0.399. The number of hydrogen-bond acceptors (Lipinski definition) is 4. The third-order valence-corrected chi connectivity index (χ3v) is 2.09. The molecule has 0 radical (unpaired) electrons. The zero-order chi connectivity index (χ0) is 12.2. The Bertz CT molecular complexity index is 352. The van der Waals surface area contributed by atoms with Crippen LogP contribution in [0.25, 0.3) is 0 Å². The standard InChI is InChI=1S/C12H17NO3/c1-12(2,15)7-8-16-11(14)9-3-5-10(13)6-4-9/h3-6,15H,7-8,13H2,1-2H3. The molecular formula is C12H17NO3. The highest BCUT2D eigenvalue weighted by Gasteiger charge is 2.14. The van der Waals surface area contributed by atoms with Gasteiger partial charge in [-0.25, -0.2) is 4.79 Å². The molecule has 0 aromatic heterocycles. The zero-order valence-electron chi connectivity index (χ0n) is 9.56. The van der Waals surface area contributed by atoms with E-state index in [-0.39, 0.29) is 6.61 Å². The molecule has 0 atom stereocenters. The molecule has 0 fully saturated rings. The first-order chi connectivity index (χ1) is 7.38. The fourth-order valence-corrected chi connectivity index (χ4v) is 1.10. The van der Waals surface area contributed by atoms with Crippen LogP contribution in [-0.2, 0) is 4.74 Å². The van der Waals surface area contributed by atoms with Crippen LogP contribution in [-0.4, -0.2) is 23.3 Å². The number of nitrogen functional groups attached to an aromatic ring is 1. The van der Waals surface area contributed by atoms with Crippen molar-refractivity contribution in [2.24, 2.45) is 0 Å². The highest BCUT2D eigenvalue weighted by molar-refractivity contribution is 5.89. The molecule has 1 rings (SSSR count). The van der Waals surface area contributed by atoms with Gasteiger partial charge in [0.2, 0.25) is 0 Å². The van der Waals surface area contributed by atoms with Crippen molar-refractivity contribution in [1.29, 1.82) is 0 Å². The van der Waals surface area contributed by atoms with Crippen molar-refractivity contribution >= 4 is 11.7 Å². The summed E-state index contributed by atoms with van der Waals surface area (Å²) in [6.07, 6.45) is 0.410. The van der Waals surface area contributed by atoms with Gasteiger partial charge in [-0.3, -0.25) is 0 Å². The Morgan fingerprint density at radius 2 is 1.94 bits per heavy atom. The van der Waals surface area contributed by atoms with E-state index in [4.69, 9.17) is 10.5 Å². The average Bonchev–Trinajstić information content (AvgIpc) is 2.16. The molecule has 0 saturated carbocycles. The number of carbonyl (C=O) groups excluding carboxylic acids is 1. The number of hydrogen-bond donors (Lipinski definition) is 2. The van der Waals surface area contributed by atoms with Crippen molar-refractivity contribution in [2.75, 3.05) is 12.3 Å². The SMILES string of the molecule is CC(C)(O)CCOC(=O)c1ccc(N)cc1. The lowest BCUT2D eigenvalue weighted by molar-refractivity contribution is 0.0244. The quantitative estimate of drug-likeness (QED) is 0.600. The summed E-state index contributed by atoms with van der Waals surface area (Å²) >= 11 is 0. The van der Waals surface area contributed by atoms with E-state index in [1.165, 1.54) is 0 Å². The predicted octanol–water partition coefficient (Wildman–Crippen LogP) is 1.59. The smallest absolute Gasteiger partial charge is 0.338 e. The lowest BCUT2D eigenvalue weighted by Gasteiger charge is -2.16. The molecule has 88 valence electrons. The van der Waals surface area contributed by atoms with Crippen molar-refractivity contribution in [2.45, 2.75) is 25.9 Å². The molecule has 0 heterocycles. The lowest BCUT2D eigenvalue weighted by Crippen LogP contribution is -2.22. The van der Waals surface area contributed by atoms with Gasteiger partial charge in [-0.1, -0.05) is 0 Å². The maximum absolute atomic E-state index is 11.5. The zero-order valence-corrected chi connectivity index (χ0v) is 9.56. The van der Waals surface area contributed by atoms with E-state index >= 15 is 0 Å². The first-order valence-electron chi connectivity index (χ1n) is 5.13. The van der Waals surface area contributed by atoms with Gasteiger partial charge in [0.1, 0.15) is 0 Å². The molecule has 4 nitrogen and oxygen atoms in total. The molecule has 4 heteroatoms. The summed E-state index contributed by atoms with van der Waals surface area (Å²) in [7, 11) is 0. The van der Waals surface area contributed by atoms with Gasteiger partial charge in [-0.05, 0) is 38.1 Å². The number of rotatable bonds is 4. The first-order valence-corrected chi connectivity index (χ1v) is 5.13. The lowest BCUT2D eigenvalue weighted by atomic mass is 10.1. The molecule has 0 saturated heterocycles. The van der Waals surface area contributed by atoms with Gasteiger partial charge in [0.15, 0.2) is 0 Å². The Labute approximate surface area is 95.0 Å². The highest BCUT2D eigenvalue weighted by atomic mass is 16.5. The van der Waals surface area contributed by atoms with E-state index in [0.29, 0.717) is 17.7 Å². The third kappa shape index (κ3) is 4.31. The molecule has 0 aliphatic rings. The predicted molar refractivity (Wildman–Crippen MR) is 62.1 cm³/mol. The fourth-order valence-electron chi connectivity index (χ4n) is 1.10. The molecular weight excluding hydrogens is 206 g/mol. The monoisotopic (exact) mass is 223 g/mol. The maximum Gasteiger partial charge on any atom is 0.338 e. The van der Waals surface area contributed by atoms with Crippen molar-refractivity contribution in [3.8, 4) is 0 Å². The van der Waals surface area contributed by atoms with Gasteiger partial charge in [0.05, 0.1) is 17.8 Å². The highest BCUT2D eigenvalue weighted by Crippen LogP contribution is 2.10. The largest absolute Gasteiger partial charge is 0.462 e. The Balaban J connectivity index is 2.44. The summed E-state index contributed by atoms with van der Waals surface area (Å²) in [4.78, 5) is 11.5. The Morgan fingerprint density at radius 3 is 2.44 bits per heavy atom. The molecule has 1 aromatic rings. The average molecular weight is 223 g/mol. The third-order valence-electron chi connectivity index (χ3n) is 2.09. The van der Waals surface area contributed by atoms with Crippen LogP contribution in [0.3, 0.4) is 0 Å². The van der Waals surface area contributed by atoms with Crippen LogP contribution in [0.4, 0.5) is 5.69 Å². The second-order valence-corrected chi connectivity index (χ2v) is 4.32. The summed E-state index contributed by atoms with van der Waals surface area (Å²) in [6, 6.07) is 6.52. The molecule has 1 aromatic carbocycles. The molecule has 0 aliphatic heterocycles. The fraction of sp³-hybridized carbons (Fsp3) is 0.417. The molecule has 0 aliphatic carbocycles. The summed E-state index contributed by atoms with van der Waals surface area (Å²) in [5, 5.41) is 9.43. The van der Waals surface area contributed by atoms with Crippen LogP contribution < -0.4 is 5.73 Å². The van der Waals surface area contributed by atoms with Crippen molar-refractivity contribution in [3.63, 3.8) is 0 Å². The first kappa shape index (κ1) is 12.5. The minimum absolute atomic E-state index is 0.201. The number of carbonyl (C=O) groups is 1. The van der Waals surface area contributed by atoms with E-state index < -0.39 is 11.6 Å². The number of aliphatic hydroxyl groups is 1. The minimum atomic E-state index is -0.818. The number of nitrogens with two attached hydrogens (primary N) is 1. The Hall–Kier alpha value is -1.55. The molecule has 0 spiro atoms. The number of esters is 1. The number of ether oxygens (including phenoxy) is 1. The number of benzene rings is 1. The van der Waals surface area contributed by atoms with Gasteiger partial charge in [0.25, 0.3) is 0 Å². The number of anilines is 1. The minimum Gasteiger partial charge on any atom is -0.462 e. The molecule has 16 heavy (non-hydrogen) atoms. The molecule has 0 unspecified atom stereocenters. The van der Waals surface area contributed by atoms with E-state index in [9.17, 15) is 9.90 Å². The van der Waals surface area contributed by atoms with Crippen molar-refractivity contribution in [3.05, 3.63) is 29.8 Å². The second kappa shape index (κ2) is 4.99. The summed E-state index contributed by atoms with van der Waals surface area (Å²) < 4.78 is 5.00. The molecule has 0 bridgehead atoms. The normalized spacial score (nSPS) is 11.2. The van der Waals surface area contributed by atoms with E-state index in [1.807, 2.05) is 0 Å². The van der Waals surface area contributed by atoms with Crippen molar-refractivity contribution in [1.82, 2.24) is 0 Å². The van der Waals surface area contributed by atoms with Gasteiger partial charge in [-0.2, -0.15) is 0 Å². The van der Waals surface area contributed by atoms with Crippen LogP contribution in [0.2, 0.25) is 0 Å². The van der Waals surface area contributed by atoms with Gasteiger partial charge in [0, 0.05) is 12.1 Å². The Morgan fingerprint density at radius 1 is 1.38 bits per heavy atom. The van der Waals surface area contributed by atoms with Crippen LogP contribution in [0.15, 0.2) is 24.3 Å². The molecule has 3 N–H and O–H groups in total. The van der Waals surface area contributed by atoms with E-state index in [2.05, 4.69) is 0 Å². The van der Waals surface area contributed by atoms with Crippen LogP contribution >= 0.6 is 0 Å².